The smallest absolute Gasteiger partial charge is 0.129 e. The Morgan fingerprint density at radius 2 is 2.14 bits per heavy atom. The van der Waals surface area contributed by atoms with Crippen molar-refractivity contribution in [1.29, 1.82) is 0 Å². The molecule has 2 rings (SSSR count). The van der Waals surface area contributed by atoms with Crippen molar-refractivity contribution in [1.82, 2.24) is 4.98 Å². The van der Waals surface area contributed by atoms with Crippen LogP contribution in [0.1, 0.15) is 18.5 Å². The van der Waals surface area contributed by atoms with Crippen molar-refractivity contribution < 1.29 is 0 Å². The summed E-state index contributed by atoms with van der Waals surface area (Å²) in [5.41, 5.74) is 6.96. The predicted molar refractivity (Wildman–Crippen MR) is 58.2 cm³/mol. The fraction of sp³-hybridized carbons (Fsp3) is 0.364. The summed E-state index contributed by atoms with van der Waals surface area (Å²) in [5.74, 6) is 1.02. The molecular formula is C11H15N3. The van der Waals surface area contributed by atoms with Crippen LogP contribution in [0.5, 0.6) is 0 Å². The van der Waals surface area contributed by atoms with Crippen molar-refractivity contribution in [3.63, 3.8) is 0 Å². The first-order valence-electron chi connectivity index (χ1n) is 4.89. The van der Waals surface area contributed by atoms with Crippen LogP contribution in [0.2, 0.25) is 0 Å². The maximum atomic E-state index is 5.82. The quantitative estimate of drug-likeness (QED) is 0.716. The van der Waals surface area contributed by atoms with Crippen LogP contribution in [0.25, 0.3) is 0 Å². The predicted octanol–water partition coefficient (Wildman–Crippen LogP) is 1.48. The minimum Gasteiger partial charge on any atom is -0.349 e. The lowest BCUT2D eigenvalue weighted by molar-refractivity contribution is 0.812. The minimum atomic E-state index is 0.0762. The third kappa shape index (κ3) is 1.77. The Morgan fingerprint density at radius 1 is 1.43 bits per heavy atom. The highest BCUT2D eigenvalue weighted by Crippen LogP contribution is 2.18. The zero-order valence-corrected chi connectivity index (χ0v) is 8.35. The molecule has 0 aliphatic carbocycles. The number of nitrogens with zero attached hydrogens (tertiary/aromatic N) is 2. The zero-order chi connectivity index (χ0) is 9.97. The minimum absolute atomic E-state index is 0.0762. The van der Waals surface area contributed by atoms with Crippen molar-refractivity contribution >= 4 is 5.82 Å². The van der Waals surface area contributed by atoms with Gasteiger partial charge in [-0.25, -0.2) is 4.98 Å². The molecule has 0 spiro atoms. The standard InChI is InChI=1S/C11H15N3/c1-9(12)10-4-5-13-11(8-10)14-6-2-3-7-14/h2-5,8-9H,6-7,12H2,1H3/t9-/m0/s1. The lowest BCUT2D eigenvalue weighted by atomic mass is 10.1. The van der Waals surface area contributed by atoms with Gasteiger partial charge in [-0.15, -0.1) is 0 Å². The van der Waals surface area contributed by atoms with Gasteiger partial charge in [0, 0.05) is 25.3 Å². The summed E-state index contributed by atoms with van der Waals surface area (Å²) in [6.07, 6.45) is 6.13. The molecule has 2 N–H and O–H groups in total. The Bertz CT molecular complexity index is 336. The van der Waals surface area contributed by atoms with Crippen molar-refractivity contribution in [3.8, 4) is 0 Å². The lowest BCUT2D eigenvalue weighted by Gasteiger charge is -2.17. The third-order valence-corrected chi connectivity index (χ3v) is 2.44. The molecule has 0 amide bonds. The highest BCUT2D eigenvalue weighted by molar-refractivity contribution is 5.44. The highest BCUT2D eigenvalue weighted by Gasteiger charge is 2.09. The van der Waals surface area contributed by atoms with Gasteiger partial charge in [0.25, 0.3) is 0 Å². The molecule has 2 heterocycles. The van der Waals surface area contributed by atoms with E-state index in [0.29, 0.717) is 0 Å². The van der Waals surface area contributed by atoms with Crippen LogP contribution in [0.15, 0.2) is 30.5 Å². The summed E-state index contributed by atoms with van der Waals surface area (Å²) < 4.78 is 0. The van der Waals surface area contributed by atoms with Gasteiger partial charge >= 0.3 is 0 Å². The Hall–Kier alpha value is -1.35. The summed E-state index contributed by atoms with van der Waals surface area (Å²) in [6, 6.07) is 4.11. The maximum Gasteiger partial charge on any atom is 0.129 e. The molecule has 74 valence electrons. The fourth-order valence-electron chi connectivity index (χ4n) is 1.56. The van der Waals surface area contributed by atoms with E-state index in [1.165, 1.54) is 0 Å². The van der Waals surface area contributed by atoms with E-state index < -0.39 is 0 Å². The van der Waals surface area contributed by atoms with E-state index in [2.05, 4.69) is 28.1 Å². The van der Waals surface area contributed by atoms with Gasteiger partial charge in [-0.3, -0.25) is 0 Å². The summed E-state index contributed by atoms with van der Waals surface area (Å²) in [4.78, 5) is 6.55. The number of anilines is 1. The maximum absolute atomic E-state index is 5.82. The molecule has 1 atom stereocenters. The first-order valence-corrected chi connectivity index (χ1v) is 4.89. The number of hydrogen-bond acceptors (Lipinski definition) is 3. The van der Waals surface area contributed by atoms with Gasteiger partial charge in [0.15, 0.2) is 0 Å². The van der Waals surface area contributed by atoms with Crippen LogP contribution in [-0.2, 0) is 0 Å². The SMILES string of the molecule is C[C@H](N)c1ccnc(N2CC=CC2)c1. The van der Waals surface area contributed by atoms with Gasteiger partial charge < -0.3 is 10.6 Å². The van der Waals surface area contributed by atoms with Gasteiger partial charge in [0.1, 0.15) is 5.82 Å². The van der Waals surface area contributed by atoms with E-state index in [-0.39, 0.29) is 6.04 Å². The molecule has 1 aromatic heterocycles. The van der Waals surface area contributed by atoms with Crippen LogP contribution < -0.4 is 10.6 Å². The zero-order valence-electron chi connectivity index (χ0n) is 8.35. The molecule has 1 aliphatic heterocycles. The van der Waals surface area contributed by atoms with Gasteiger partial charge in [-0.1, -0.05) is 12.2 Å². The molecule has 0 saturated heterocycles. The normalized spacial score (nSPS) is 17.4. The van der Waals surface area contributed by atoms with Crippen LogP contribution >= 0.6 is 0 Å². The number of pyridine rings is 1. The van der Waals surface area contributed by atoms with Crippen LogP contribution in [-0.4, -0.2) is 18.1 Å². The van der Waals surface area contributed by atoms with Crippen LogP contribution in [0, 0.1) is 0 Å². The lowest BCUT2D eigenvalue weighted by Crippen LogP contribution is -2.20. The topological polar surface area (TPSA) is 42.1 Å². The monoisotopic (exact) mass is 189 g/mol. The summed E-state index contributed by atoms with van der Waals surface area (Å²) in [5, 5.41) is 0. The number of aromatic nitrogens is 1. The molecule has 3 nitrogen and oxygen atoms in total. The average Bonchev–Trinajstić information content (AvgIpc) is 2.71. The molecule has 0 fully saturated rings. The van der Waals surface area contributed by atoms with Gasteiger partial charge in [0.2, 0.25) is 0 Å². The molecule has 14 heavy (non-hydrogen) atoms. The molecule has 3 heteroatoms. The second-order valence-electron chi connectivity index (χ2n) is 3.61. The summed E-state index contributed by atoms with van der Waals surface area (Å²) >= 11 is 0. The van der Waals surface area contributed by atoms with Crippen LogP contribution in [0.4, 0.5) is 5.82 Å². The van der Waals surface area contributed by atoms with Crippen molar-refractivity contribution in [2.24, 2.45) is 5.73 Å². The molecule has 1 aliphatic rings. The Kier molecular flexibility index (Phi) is 2.50. The molecular weight excluding hydrogens is 174 g/mol. The molecule has 0 aromatic carbocycles. The van der Waals surface area contributed by atoms with Crippen molar-refractivity contribution in [2.75, 3.05) is 18.0 Å². The molecule has 0 radical (unpaired) electrons. The van der Waals surface area contributed by atoms with E-state index in [9.17, 15) is 0 Å². The largest absolute Gasteiger partial charge is 0.349 e. The highest BCUT2D eigenvalue weighted by atomic mass is 15.2. The van der Waals surface area contributed by atoms with E-state index in [4.69, 9.17) is 5.73 Å². The molecule has 0 saturated carbocycles. The average molecular weight is 189 g/mol. The van der Waals surface area contributed by atoms with Gasteiger partial charge in [0.05, 0.1) is 0 Å². The second-order valence-corrected chi connectivity index (χ2v) is 3.61. The Morgan fingerprint density at radius 3 is 2.79 bits per heavy atom. The Balaban J connectivity index is 2.21. The van der Waals surface area contributed by atoms with Gasteiger partial charge in [-0.05, 0) is 24.6 Å². The second kappa shape index (κ2) is 3.80. The molecule has 1 aromatic rings. The summed E-state index contributed by atoms with van der Waals surface area (Å²) in [6.45, 7) is 3.89. The van der Waals surface area contributed by atoms with Crippen molar-refractivity contribution in [2.45, 2.75) is 13.0 Å². The fourth-order valence-corrected chi connectivity index (χ4v) is 1.56. The molecule has 0 unspecified atom stereocenters. The van der Waals surface area contributed by atoms with Crippen LogP contribution in [0.3, 0.4) is 0 Å². The third-order valence-electron chi connectivity index (χ3n) is 2.44. The first-order chi connectivity index (χ1) is 6.77. The first kappa shape index (κ1) is 9.21. The number of nitrogens with two attached hydrogens (primary N) is 1. The van der Waals surface area contributed by atoms with E-state index in [1.54, 1.807) is 0 Å². The van der Waals surface area contributed by atoms with E-state index in [1.807, 2.05) is 19.2 Å². The summed E-state index contributed by atoms with van der Waals surface area (Å²) in [7, 11) is 0. The Labute approximate surface area is 84.2 Å². The van der Waals surface area contributed by atoms with E-state index in [0.717, 1.165) is 24.5 Å². The van der Waals surface area contributed by atoms with E-state index >= 15 is 0 Å². The van der Waals surface area contributed by atoms with Crippen molar-refractivity contribution in [3.05, 3.63) is 36.0 Å². The number of hydrogen-bond donors (Lipinski definition) is 1. The number of rotatable bonds is 2. The molecule has 0 bridgehead atoms. The van der Waals surface area contributed by atoms with Gasteiger partial charge in [-0.2, -0.15) is 0 Å².